The van der Waals surface area contributed by atoms with E-state index in [4.69, 9.17) is 5.11 Å². The minimum Gasteiger partial charge on any atom is -0.478 e. The molecule has 0 aliphatic rings. The Labute approximate surface area is 91.5 Å². The molecule has 80 valence electrons. The Morgan fingerprint density at radius 1 is 1.06 bits per heavy atom. The van der Waals surface area contributed by atoms with Crippen molar-refractivity contribution in [3.63, 3.8) is 0 Å². The van der Waals surface area contributed by atoms with Crippen LogP contribution in [0.25, 0.3) is 0 Å². The van der Waals surface area contributed by atoms with E-state index in [9.17, 15) is 9.59 Å². The molecule has 0 atom stereocenters. The minimum atomic E-state index is -1.04. The van der Waals surface area contributed by atoms with Crippen molar-refractivity contribution in [2.45, 2.75) is 0 Å². The number of carboxylic acid groups (broad SMARTS) is 1. The fraction of sp³-hybridized carbons (Fsp3) is 0. The Hall–Kier alpha value is -2.36. The van der Waals surface area contributed by atoms with Gasteiger partial charge in [0, 0.05) is 11.8 Å². The van der Waals surface area contributed by atoms with Crippen molar-refractivity contribution in [3.05, 3.63) is 59.4 Å². The summed E-state index contributed by atoms with van der Waals surface area (Å²) >= 11 is 0. The topological polar surface area (TPSA) is 70.2 Å². The number of aromatic nitrogens is 1. The van der Waals surface area contributed by atoms with E-state index in [-0.39, 0.29) is 11.3 Å². The summed E-state index contributed by atoms with van der Waals surface area (Å²) in [6.45, 7) is 0. The molecule has 0 radical (unpaired) electrons. The third kappa shape index (κ3) is 1.86. The monoisotopic (exact) mass is 215 g/mol. The average molecular weight is 215 g/mol. The fourth-order valence-corrected chi connectivity index (χ4v) is 1.42. The van der Waals surface area contributed by atoms with Crippen molar-refractivity contribution in [3.8, 4) is 0 Å². The van der Waals surface area contributed by atoms with Gasteiger partial charge in [-0.25, -0.2) is 4.79 Å². The number of aromatic amines is 1. The summed E-state index contributed by atoms with van der Waals surface area (Å²) in [5.74, 6) is -1.26. The van der Waals surface area contributed by atoms with Crippen LogP contribution in [0.4, 0.5) is 0 Å². The molecule has 16 heavy (non-hydrogen) atoms. The lowest BCUT2D eigenvalue weighted by Crippen LogP contribution is -2.04. The molecule has 0 saturated heterocycles. The molecule has 0 bridgehead atoms. The SMILES string of the molecule is O=C(O)c1cccc(C(=O)c2ccc[nH]2)c1. The van der Waals surface area contributed by atoms with Crippen molar-refractivity contribution in [1.82, 2.24) is 4.98 Å². The van der Waals surface area contributed by atoms with Crippen LogP contribution >= 0.6 is 0 Å². The number of benzene rings is 1. The second-order valence-corrected chi connectivity index (χ2v) is 3.30. The lowest BCUT2D eigenvalue weighted by atomic mass is 10.1. The van der Waals surface area contributed by atoms with Gasteiger partial charge in [-0.3, -0.25) is 4.79 Å². The molecule has 2 aromatic rings. The maximum absolute atomic E-state index is 11.9. The molecule has 4 heteroatoms. The van der Waals surface area contributed by atoms with E-state index in [0.29, 0.717) is 11.3 Å². The molecule has 4 nitrogen and oxygen atoms in total. The fourth-order valence-electron chi connectivity index (χ4n) is 1.42. The number of H-pyrrole nitrogens is 1. The van der Waals surface area contributed by atoms with E-state index < -0.39 is 5.97 Å². The molecule has 0 fully saturated rings. The van der Waals surface area contributed by atoms with E-state index in [1.165, 1.54) is 12.1 Å². The van der Waals surface area contributed by atoms with Crippen molar-refractivity contribution < 1.29 is 14.7 Å². The van der Waals surface area contributed by atoms with E-state index in [1.54, 1.807) is 30.5 Å². The van der Waals surface area contributed by atoms with Gasteiger partial charge < -0.3 is 10.1 Å². The number of hydrogen-bond donors (Lipinski definition) is 2. The summed E-state index contributed by atoms with van der Waals surface area (Å²) in [6, 6.07) is 9.33. The van der Waals surface area contributed by atoms with Crippen LogP contribution in [0.5, 0.6) is 0 Å². The minimum absolute atomic E-state index is 0.109. The van der Waals surface area contributed by atoms with E-state index in [2.05, 4.69) is 4.98 Å². The standard InChI is InChI=1S/C12H9NO3/c14-11(10-5-2-6-13-10)8-3-1-4-9(7-8)12(15)16/h1-7,13H,(H,15,16). The third-order valence-corrected chi connectivity index (χ3v) is 2.21. The summed E-state index contributed by atoms with van der Waals surface area (Å²) in [7, 11) is 0. The van der Waals surface area contributed by atoms with Crippen LogP contribution in [0.3, 0.4) is 0 Å². The summed E-state index contributed by atoms with van der Waals surface area (Å²) in [6.07, 6.45) is 1.65. The molecular weight excluding hydrogens is 206 g/mol. The molecule has 2 N–H and O–H groups in total. The number of nitrogens with one attached hydrogen (secondary N) is 1. The summed E-state index contributed by atoms with van der Waals surface area (Å²) in [5, 5.41) is 8.80. The van der Waals surface area contributed by atoms with E-state index >= 15 is 0 Å². The molecular formula is C12H9NO3. The zero-order valence-corrected chi connectivity index (χ0v) is 8.31. The first-order valence-electron chi connectivity index (χ1n) is 4.70. The van der Waals surface area contributed by atoms with E-state index in [1.807, 2.05) is 0 Å². The number of aromatic carboxylic acids is 1. The highest BCUT2D eigenvalue weighted by Crippen LogP contribution is 2.10. The Bertz CT molecular complexity index is 529. The highest BCUT2D eigenvalue weighted by atomic mass is 16.4. The number of carboxylic acids is 1. The maximum Gasteiger partial charge on any atom is 0.335 e. The summed E-state index contributed by atoms with van der Waals surface area (Å²) in [5.41, 5.74) is 0.919. The Morgan fingerprint density at radius 2 is 1.81 bits per heavy atom. The van der Waals surface area contributed by atoms with Crippen LogP contribution in [-0.2, 0) is 0 Å². The number of ketones is 1. The second-order valence-electron chi connectivity index (χ2n) is 3.30. The van der Waals surface area contributed by atoms with Gasteiger partial charge in [0.05, 0.1) is 11.3 Å². The zero-order chi connectivity index (χ0) is 11.5. The van der Waals surface area contributed by atoms with Gasteiger partial charge in [0.15, 0.2) is 0 Å². The van der Waals surface area contributed by atoms with Crippen LogP contribution < -0.4 is 0 Å². The first-order chi connectivity index (χ1) is 7.68. The normalized spacial score (nSPS) is 10.0. The Kier molecular flexibility index (Phi) is 2.55. The zero-order valence-electron chi connectivity index (χ0n) is 8.31. The van der Waals surface area contributed by atoms with Crippen LogP contribution in [0.15, 0.2) is 42.6 Å². The first kappa shape index (κ1) is 10.2. The maximum atomic E-state index is 11.9. The van der Waals surface area contributed by atoms with Gasteiger partial charge in [-0.15, -0.1) is 0 Å². The van der Waals surface area contributed by atoms with Crippen molar-refractivity contribution in [1.29, 1.82) is 0 Å². The molecule has 1 heterocycles. The van der Waals surface area contributed by atoms with Crippen LogP contribution in [-0.4, -0.2) is 21.8 Å². The van der Waals surface area contributed by atoms with Gasteiger partial charge >= 0.3 is 5.97 Å². The smallest absolute Gasteiger partial charge is 0.335 e. The van der Waals surface area contributed by atoms with Gasteiger partial charge in [-0.1, -0.05) is 12.1 Å². The third-order valence-electron chi connectivity index (χ3n) is 2.21. The predicted octanol–water partition coefficient (Wildman–Crippen LogP) is 1.94. The van der Waals surface area contributed by atoms with Crippen LogP contribution in [0, 0.1) is 0 Å². The lowest BCUT2D eigenvalue weighted by Gasteiger charge is -2.00. The number of rotatable bonds is 3. The van der Waals surface area contributed by atoms with Gasteiger partial charge in [-0.2, -0.15) is 0 Å². The van der Waals surface area contributed by atoms with Crippen molar-refractivity contribution in [2.75, 3.05) is 0 Å². The van der Waals surface area contributed by atoms with Crippen LogP contribution in [0.2, 0.25) is 0 Å². The molecule has 0 aliphatic carbocycles. The molecule has 0 amide bonds. The van der Waals surface area contributed by atoms with Gasteiger partial charge in [0.1, 0.15) is 0 Å². The largest absolute Gasteiger partial charge is 0.478 e. The van der Waals surface area contributed by atoms with E-state index in [0.717, 1.165) is 0 Å². The molecule has 2 rings (SSSR count). The molecule has 0 unspecified atom stereocenters. The number of carbonyl (C=O) groups excluding carboxylic acids is 1. The average Bonchev–Trinajstić information content (AvgIpc) is 2.81. The Morgan fingerprint density at radius 3 is 2.44 bits per heavy atom. The lowest BCUT2D eigenvalue weighted by molar-refractivity contribution is 0.0697. The van der Waals surface area contributed by atoms with Gasteiger partial charge in [-0.05, 0) is 24.3 Å². The predicted molar refractivity (Wildman–Crippen MR) is 57.6 cm³/mol. The van der Waals surface area contributed by atoms with Crippen molar-refractivity contribution in [2.24, 2.45) is 0 Å². The quantitative estimate of drug-likeness (QED) is 0.768. The highest BCUT2D eigenvalue weighted by Gasteiger charge is 2.11. The summed E-state index contributed by atoms with van der Waals surface area (Å²) in [4.78, 5) is 25.4. The van der Waals surface area contributed by atoms with Crippen LogP contribution in [0.1, 0.15) is 26.4 Å². The summed E-state index contributed by atoms with van der Waals surface area (Å²) < 4.78 is 0. The van der Waals surface area contributed by atoms with Gasteiger partial charge in [0.2, 0.25) is 5.78 Å². The van der Waals surface area contributed by atoms with Crippen molar-refractivity contribution >= 4 is 11.8 Å². The first-order valence-corrected chi connectivity index (χ1v) is 4.70. The van der Waals surface area contributed by atoms with Gasteiger partial charge in [0.25, 0.3) is 0 Å². The molecule has 1 aromatic heterocycles. The Balaban J connectivity index is 2.38. The molecule has 0 aliphatic heterocycles. The molecule has 0 saturated carbocycles. The second kappa shape index (κ2) is 4.02. The molecule has 0 spiro atoms. The number of hydrogen-bond acceptors (Lipinski definition) is 2. The number of carbonyl (C=O) groups is 2. The highest BCUT2D eigenvalue weighted by molar-refractivity contribution is 6.08. The molecule has 1 aromatic carbocycles.